The normalized spacial score (nSPS) is 10.9. The van der Waals surface area contributed by atoms with Crippen molar-refractivity contribution in [2.75, 3.05) is 5.75 Å². The second kappa shape index (κ2) is 9.37. The molecular weight excluding hydrogens is 401 g/mol. The van der Waals surface area contributed by atoms with Gasteiger partial charge < -0.3 is 9.73 Å². The molecule has 0 atom stereocenters. The van der Waals surface area contributed by atoms with Gasteiger partial charge in [0.15, 0.2) is 0 Å². The number of nitrogens with one attached hydrogen (secondary N) is 1. The summed E-state index contributed by atoms with van der Waals surface area (Å²) in [6, 6.07) is 25.4. The van der Waals surface area contributed by atoms with Gasteiger partial charge in [-0.25, -0.2) is 4.39 Å². The van der Waals surface area contributed by atoms with E-state index >= 15 is 0 Å². The topological polar surface area (TPSA) is 68.0 Å². The van der Waals surface area contributed by atoms with Crippen molar-refractivity contribution in [1.29, 1.82) is 0 Å². The number of amides is 1. The van der Waals surface area contributed by atoms with Crippen molar-refractivity contribution in [3.63, 3.8) is 0 Å². The number of aromatic nitrogens is 2. The largest absolute Gasteiger partial charge is 0.411 e. The number of benzene rings is 3. The zero-order valence-corrected chi connectivity index (χ0v) is 16.7. The molecule has 0 aliphatic heterocycles. The van der Waals surface area contributed by atoms with Gasteiger partial charge in [0.25, 0.3) is 11.1 Å². The molecule has 0 unspecified atom stereocenters. The van der Waals surface area contributed by atoms with Gasteiger partial charge in [-0.3, -0.25) is 4.79 Å². The van der Waals surface area contributed by atoms with Crippen molar-refractivity contribution >= 4 is 17.7 Å². The number of halogens is 1. The lowest BCUT2D eigenvalue weighted by Crippen LogP contribution is -2.30. The predicted octanol–water partition coefficient (Wildman–Crippen LogP) is 4.87. The zero-order chi connectivity index (χ0) is 20.8. The second-order valence-electron chi connectivity index (χ2n) is 6.46. The third-order valence-corrected chi connectivity index (χ3v) is 5.23. The van der Waals surface area contributed by atoms with E-state index < -0.39 is 5.82 Å². The summed E-state index contributed by atoms with van der Waals surface area (Å²) in [5.41, 5.74) is 2.21. The molecule has 0 radical (unpaired) electrons. The van der Waals surface area contributed by atoms with Crippen molar-refractivity contribution in [1.82, 2.24) is 15.5 Å². The summed E-state index contributed by atoms with van der Waals surface area (Å²) >= 11 is 1.11. The first-order valence-corrected chi connectivity index (χ1v) is 10.3. The number of hydrogen-bond donors (Lipinski definition) is 1. The maximum absolute atomic E-state index is 13.9. The highest BCUT2D eigenvalue weighted by atomic mass is 32.2. The summed E-state index contributed by atoms with van der Waals surface area (Å²) in [6.45, 7) is 0. The molecule has 3 aromatic carbocycles. The molecule has 0 fully saturated rings. The SMILES string of the molecule is O=C(CSc1nnc(-c2ccccc2F)o1)NC(c1ccccc1)c1ccccc1. The minimum absolute atomic E-state index is 0.0856. The Balaban J connectivity index is 1.43. The molecule has 1 N–H and O–H groups in total. The maximum atomic E-state index is 13.9. The third kappa shape index (κ3) is 4.75. The first-order valence-electron chi connectivity index (χ1n) is 9.31. The first-order chi connectivity index (χ1) is 14.7. The molecular formula is C23H18FN3O2S. The molecule has 0 saturated heterocycles. The average Bonchev–Trinajstić information content (AvgIpc) is 3.26. The smallest absolute Gasteiger partial charge is 0.277 e. The van der Waals surface area contributed by atoms with Crippen LogP contribution in [0.1, 0.15) is 17.2 Å². The van der Waals surface area contributed by atoms with Crippen LogP contribution in [0.2, 0.25) is 0 Å². The van der Waals surface area contributed by atoms with E-state index in [-0.39, 0.29) is 34.4 Å². The van der Waals surface area contributed by atoms with Gasteiger partial charge in [-0.2, -0.15) is 0 Å². The molecule has 150 valence electrons. The second-order valence-corrected chi connectivity index (χ2v) is 7.39. The Morgan fingerprint density at radius 2 is 1.50 bits per heavy atom. The molecule has 0 bridgehead atoms. The fourth-order valence-electron chi connectivity index (χ4n) is 2.99. The predicted molar refractivity (Wildman–Crippen MR) is 113 cm³/mol. The number of nitrogens with zero attached hydrogens (tertiary/aromatic N) is 2. The van der Waals surface area contributed by atoms with Crippen LogP contribution < -0.4 is 5.32 Å². The molecule has 0 aliphatic rings. The Kier molecular flexibility index (Phi) is 6.20. The van der Waals surface area contributed by atoms with Gasteiger partial charge in [-0.1, -0.05) is 84.6 Å². The molecule has 30 heavy (non-hydrogen) atoms. The van der Waals surface area contributed by atoms with Crippen molar-refractivity contribution in [2.45, 2.75) is 11.3 Å². The number of hydrogen-bond acceptors (Lipinski definition) is 5. The summed E-state index contributed by atoms with van der Waals surface area (Å²) in [7, 11) is 0. The van der Waals surface area contributed by atoms with Crippen LogP contribution in [-0.4, -0.2) is 21.9 Å². The zero-order valence-electron chi connectivity index (χ0n) is 15.9. The van der Waals surface area contributed by atoms with E-state index in [2.05, 4.69) is 15.5 Å². The molecule has 0 spiro atoms. The van der Waals surface area contributed by atoms with Gasteiger partial charge in [-0.15, -0.1) is 10.2 Å². The van der Waals surface area contributed by atoms with Crippen LogP contribution in [0.3, 0.4) is 0 Å². The van der Waals surface area contributed by atoms with Crippen LogP contribution in [0, 0.1) is 5.82 Å². The molecule has 4 rings (SSSR count). The molecule has 1 amide bonds. The van der Waals surface area contributed by atoms with E-state index in [9.17, 15) is 9.18 Å². The van der Waals surface area contributed by atoms with Crippen molar-refractivity contribution in [3.05, 3.63) is 102 Å². The van der Waals surface area contributed by atoms with E-state index in [1.807, 2.05) is 60.7 Å². The lowest BCUT2D eigenvalue weighted by molar-refractivity contribution is -0.119. The van der Waals surface area contributed by atoms with E-state index in [4.69, 9.17) is 4.42 Å². The number of carbonyl (C=O) groups is 1. The lowest BCUT2D eigenvalue weighted by atomic mass is 9.99. The molecule has 0 saturated carbocycles. The highest BCUT2D eigenvalue weighted by molar-refractivity contribution is 7.99. The van der Waals surface area contributed by atoms with E-state index in [0.717, 1.165) is 22.9 Å². The van der Waals surface area contributed by atoms with Crippen molar-refractivity contribution in [3.8, 4) is 11.5 Å². The number of thioether (sulfide) groups is 1. The Morgan fingerprint density at radius 1 is 0.900 bits per heavy atom. The Morgan fingerprint density at radius 3 is 2.13 bits per heavy atom. The minimum atomic E-state index is -0.441. The van der Waals surface area contributed by atoms with E-state index in [1.165, 1.54) is 6.07 Å². The highest BCUT2D eigenvalue weighted by Gasteiger charge is 2.18. The van der Waals surface area contributed by atoms with Gasteiger partial charge in [0, 0.05) is 0 Å². The standard InChI is InChI=1S/C23H18FN3O2S/c24-19-14-8-7-13-18(19)22-26-27-23(29-22)30-15-20(28)25-21(16-9-3-1-4-10-16)17-11-5-2-6-12-17/h1-14,21H,15H2,(H,25,28). The summed E-state index contributed by atoms with van der Waals surface area (Å²) in [4.78, 5) is 12.6. The van der Waals surface area contributed by atoms with Gasteiger partial charge in [0.05, 0.1) is 17.4 Å². The first kappa shape index (κ1) is 19.8. The molecule has 0 aliphatic carbocycles. The number of rotatable bonds is 7. The van der Waals surface area contributed by atoms with Crippen molar-refractivity contribution < 1.29 is 13.6 Å². The molecule has 7 heteroatoms. The minimum Gasteiger partial charge on any atom is -0.411 e. The van der Waals surface area contributed by atoms with Gasteiger partial charge in [0.1, 0.15) is 5.82 Å². The van der Waals surface area contributed by atoms with Crippen molar-refractivity contribution in [2.24, 2.45) is 0 Å². The Bertz CT molecular complexity index is 1080. The Labute approximate surface area is 177 Å². The van der Waals surface area contributed by atoms with E-state index in [0.29, 0.717) is 0 Å². The average molecular weight is 419 g/mol. The van der Waals surface area contributed by atoms with Crippen LogP contribution in [0.15, 0.2) is 94.6 Å². The van der Waals surface area contributed by atoms with Crippen LogP contribution in [0.4, 0.5) is 4.39 Å². The van der Waals surface area contributed by atoms with Crippen LogP contribution in [-0.2, 0) is 4.79 Å². The van der Waals surface area contributed by atoms with Gasteiger partial charge >= 0.3 is 0 Å². The Hall–Kier alpha value is -3.45. The summed E-state index contributed by atoms with van der Waals surface area (Å²) in [5, 5.41) is 11.0. The summed E-state index contributed by atoms with van der Waals surface area (Å²) in [6.07, 6.45) is 0. The third-order valence-electron chi connectivity index (χ3n) is 4.41. The fourth-order valence-corrected chi connectivity index (χ4v) is 3.57. The van der Waals surface area contributed by atoms with Gasteiger partial charge in [-0.05, 0) is 23.3 Å². The van der Waals surface area contributed by atoms with Crippen LogP contribution in [0.5, 0.6) is 0 Å². The fraction of sp³-hybridized carbons (Fsp3) is 0.0870. The lowest BCUT2D eigenvalue weighted by Gasteiger charge is -2.19. The molecule has 5 nitrogen and oxygen atoms in total. The molecule has 1 aromatic heterocycles. The molecule has 1 heterocycles. The van der Waals surface area contributed by atoms with E-state index in [1.54, 1.807) is 18.2 Å². The molecule has 4 aromatic rings. The summed E-state index contributed by atoms with van der Waals surface area (Å²) in [5.74, 6) is -0.440. The highest BCUT2D eigenvalue weighted by Crippen LogP contribution is 2.26. The van der Waals surface area contributed by atoms with Crippen LogP contribution in [0.25, 0.3) is 11.5 Å². The monoisotopic (exact) mass is 419 g/mol. The quantitative estimate of drug-likeness (QED) is 0.433. The summed E-state index contributed by atoms with van der Waals surface area (Å²) < 4.78 is 19.4. The van der Waals surface area contributed by atoms with Gasteiger partial charge in [0.2, 0.25) is 5.91 Å². The number of carbonyl (C=O) groups excluding carboxylic acids is 1. The van der Waals surface area contributed by atoms with Crippen LogP contribution >= 0.6 is 11.8 Å². The maximum Gasteiger partial charge on any atom is 0.277 e.